The highest BCUT2D eigenvalue weighted by molar-refractivity contribution is 7.89. The maximum Gasteiger partial charge on any atom is 0.291 e. The van der Waals surface area contributed by atoms with Crippen LogP contribution >= 0.6 is 11.6 Å². The number of rotatable bonds is 4. The van der Waals surface area contributed by atoms with E-state index in [4.69, 9.17) is 16.0 Å². The number of sulfonamides is 1. The second-order valence-electron chi connectivity index (χ2n) is 7.57. The van der Waals surface area contributed by atoms with Crippen molar-refractivity contribution in [3.63, 3.8) is 0 Å². The number of hydrogen-bond acceptors (Lipinski definition) is 4. The standard InChI is InChI=1S/C22H23ClN2O4S/c1-14-9-10-16(30(27,28)25-11-4-3-5-12-25)13-19(14)24-22(26)20-15(2)17-7-6-8-18(23)21(17)29-20/h6-10,13H,3-5,11-12H2,1-2H3,(H,24,26). The van der Waals surface area contributed by atoms with Gasteiger partial charge < -0.3 is 9.73 Å². The van der Waals surface area contributed by atoms with Gasteiger partial charge in [-0.1, -0.05) is 36.2 Å². The highest BCUT2D eigenvalue weighted by Gasteiger charge is 2.27. The minimum atomic E-state index is -3.59. The van der Waals surface area contributed by atoms with Gasteiger partial charge in [0.25, 0.3) is 5.91 Å². The van der Waals surface area contributed by atoms with E-state index in [-0.39, 0.29) is 10.7 Å². The van der Waals surface area contributed by atoms with Crippen molar-refractivity contribution >= 4 is 44.2 Å². The number of nitrogens with one attached hydrogen (secondary N) is 1. The summed E-state index contributed by atoms with van der Waals surface area (Å²) in [6.07, 6.45) is 2.77. The van der Waals surface area contributed by atoms with Crippen molar-refractivity contribution in [1.29, 1.82) is 0 Å². The van der Waals surface area contributed by atoms with Gasteiger partial charge in [-0.3, -0.25) is 4.79 Å². The van der Waals surface area contributed by atoms with Crippen molar-refractivity contribution in [1.82, 2.24) is 4.31 Å². The molecule has 30 heavy (non-hydrogen) atoms. The molecule has 1 saturated heterocycles. The smallest absolute Gasteiger partial charge is 0.291 e. The molecule has 6 nitrogen and oxygen atoms in total. The summed E-state index contributed by atoms with van der Waals surface area (Å²) in [5, 5.41) is 4.00. The lowest BCUT2D eigenvalue weighted by atomic mass is 10.1. The molecule has 3 aromatic rings. The van der Waals surface area contributed by atoms with Gasteiger partial charge in [0.1, 0.15) is 0 Å². The number of anilines is 1. The molecule has 0 aliphatic carbocycles. The lowest BCUT2D eigenvalue weighted by Gasteiger charge is -2.26. The monoisotopic (exact) mass is 446 g/mol. The Morgan fingerprint density at radius 3 is 2.53 bits per heavy atom. The lowest BCUT2D eigenvalue weighted by Crippen LogP contribution is -2.35. The summed E-state index contributed by atoms with van der Waals surface area (Å²) < 4.78 is 33.2. The number of aryl methyl sites for hydroxylation is 2. The van der Waals surface area contributed by atoms with Crippen LogP contribution in [0.3, 0.4) is 0 Å². The van der Waals surface area contributed by atoms with Gasteiger partial charge in [-0.25, -0.2) is 8.42 Å². The SMILES string of the molecule is Cc1ccc(S(=O)(=O)N2CCCCC2)cc1NC(=O)c1oc2c(Cl)cccc2c1C. The first-order valence-electron chi connectivity index (χ1n) is 9.89. The van der Waals surface area contributed by atoms with Crippen LogP contribution in [0.5, 0.6) is 0 Å². The number of halogens is 1. The minimum absolute atomic E-state index is 0.154. The van der Waals surface area contributed by atoms with Crippen LogP contribution in [0.1, 0.15) is 40.9 Å². The molecule has 0 unspecified atom stereocenters. The average molecular weight is 447 g/mol. The summed E-state index contributed by atoms with van der Waals surface area (Å²) in [4.78, 5) is 13.1. The third-order valence-corrected chi connectivity index (χ3v) is 7.72. The first kappa shape index (κ1) is 20.9. The van der Waals surface area contributed by atoms with Gasteiger partial charge in [-0.2, -0.15) is 4.31 Å². The zero-order valence-corrected chi connectivity index (χ0v) is 18.4. The van der Waals surface area contributed by atoms with Gasteiger partial charge in [0, 0.05) is 29.7 Å². The van der Waals surface area contributed by atoms with Gasteiger partial charge in [-0.05, 0) is 50.5 Å². The van der Waals surface area contributed by atoms with Crippen LogP contribution < -0.4 is 5.32 Å². The summed E-state index contributed by atoms with van der Waals surface area (Å²) >= 11 is 6.18. The van der Waals surface area contributed by atoms with E-state index in [1.54, 1.807) is 31.2 Å². The van der Waals surface area contributed by atoms with E-state index < -0.39 is 15.9 Å². The second-order valence-corrected chi connectivity index (χ2v) is 9.91. The molecule has 2 aromatic carbocycles. The fourth-order valence-corrected chi connectivity index (χ4v) is 5.51. The quantitative estimate of drug-likeness (QED) is 0.602. The number of nitrogens with zero attached hydrogens (tertiary/aromatic N) is 1. The molecular formula is C22H23ClN2O4S. The van der Waals surface area contributed by atoms with Crippen molar-refractivity contribution in [3.8, 4) is 0 Å². The van der Waals surface area contributed by atoms with Crippen LogP contribution in [0.4, 0.5) is 5.69 Å². The third kappa shape index (κ3) is 3.73. The molecule has 8 heteroatoms. The molecule has 0 atom stereocenters. The lowest BCUT2D eigenvalue weighted by molar-refractivity contribution is 0.0997. The Labute approximate surface area is 180 Å². The van der Waals surface area contributed by atoms with E-state index in [1.807, 2.05) is 13.0 Å². The van der Waals surface area contributed by atoms with Gasteiger partial charge in [0.05, 0.1) is 9.92 Å². The predicted molar refractivity (Wildman–Crippen MR) is 118 cm³/mol. The topological polar surface area (TPSA) is 79.6 Å². The summed E-state index contributed by atoms with van der Waals surface area (Å²) in [7, 11) is -3.59. The Bertz CT molecular complexity index is 1230. The number of benzene rings is 2. The maximum atomic E-state index is 13.0. The van der Waals surface area contributed by atoms with Crippen molar-refractivity contribution in [2.75, 3.05) is 18.4 Å². The van der Waals surface area contributed by atoms with Gasteiger partial charge >= 0.3 is 0 Å². The summed E-state index contributed by atoms with van der Waals surface area (Å²) in [6.45, 7) is 4.66. The Morgan fingerprint density at radius 2 is 1.83 bits per heavy atom. The van der Waals surface area contributed by atoms with E-state index in [2.05, 4.69) is 5.32 Å². The van der Waals surface area contributed by atoms with Crippen molar-refractivity contribution in [2.24, 2.45) is 0 Å². The highest BCUT2D eigenvalue weighted by Crippen LogP contribution is 2.32. The van der Waals surface area contributed by atoms with Crippen LogP contribution in [-0.4, -0.2) is 31.7 Å². The molecule has 1 aliphatic heterocycles. The molecule has 4 rings (SSSR count). The maximum absolute atomic E-state index is 13.0. The zero-order valence-electron chi connectivity index (χ0n) is 16.9. The summed E-state index contributed by atoms with van der Waals surface area (Å²) in [5.74, 6) is -0.294. The summed E-state index contributed by atoms with van der Waals surface area (Å²) in [6, 6.07) is 10.1. The molecule has 1 N–H and O–H groups in total. The van der Waals surface area contributed by atoms with Crippen LogP contribution in [0.15, 0.2) is 45.7 Å². The van der Waals surface area contributed by atoms with Crippen molar-refractivity contribution < 1.29 is 17.6 Å². The number of fused-ring (bicyclic) bond motifs is 1. The third-order valence-electron chi connectivity index (χ3n) is 5.53. The highest BCUT2D eigenvalue weighted by atomic mass is 35.5. The number of furan rings is 1. The van der Waals surface area contributed by atoms with Crippen LogP contribution in [-0.2, 0) is 10.0 Å². The fraction of sp³-hybridized carbons (Fsp3) is 0.318. The van der Waals surface area contributed by atoms with Crippen LogP contribution in [0.25, 0.3) is 11.0 Å². The predicted octanol–water partition coefficient (Wildman–Crippen LogP) is 5.13. The Balaban J connectivity index is 1.65. The van der Waals surface area contributed by atoms with E-state index in [9.17, 15) is 13.2 Å². The van der Waals surface area contributed by atoms with Crippen LogP contribution in [0.2, 0.25) is 5.02 Å². The van der Waals surface area contributed by atoms with Crippen LogP contribution in [0, 0.1) is 13.8 Å². The molecular weight excluding hydrogens is 424 g/mol. The van der Waals surface area contributed by atoms with Crippen molar-refractivity contribution in [2.45, 2.75) is 38.0 Å². The molecule has 158 valence electrons. The Hall–Kier alpha value is -2.35. The molecule has 2 heterocycles. The number of hydrogen-bond donors (Lipinski definition) is 1. The Kier molecular flexibility index (Phi) is 5.61. The molecule has 0 radical (unpaired) electrons. The molecule has 1 aromatic heterocycles. The van der Waals surface area contributed by atoms with E-state index in [0.29, 0.717) is 34.9 Å². The molecule has 0 bridgehead atoms. The normalized spacial score (nSPS) is 15.4. The Morgan fingerprint density at radius 1 is 1.10 bits per heavy atom. The first-order valence-corrected chi connectivity index (χ1v) is 11.7. The van der Waals surface area contributed by atoms with E-state index >= 15 is 0 Å². The number of amides is 1. The molecule has 1 amide bonds. The second kappa shape index (κ2) is 8.06. The number of carbonyl (C=O) groups excluding carboxylic acids is 1. The van der Waals surface area contributed by atoms with E-state index in [1.165, 1.54) is 10.4 Å². The van der Waals surface area contributed by atoms with Crippen molar-refractivity contribution in [3.05, 3.63) is 58.3 Å². The average Bonchev–Trinajstić information content (AvgIpc) is 3.08. The zero-order chi connectivity index (χ0) is 21.5. The molecule has 1 fully saturated rings. The number of piperidine rings is 1. The van der Waals surface area contributed by atoms with Gasteiger partial charge in [-0.15, -0.1) is 0 Å². The minimum Gasteiger partial charge on any atom is -0.449 e. The molecule has 0 spiro atoms. The number of carbonyl (C=O) groups is 1. The fourth-order valence-electron chi connectivity index (χ4n) is 3.76. The molecule has 1 aliphatic rings. The largest absolute Gasteiger partial charge is 0.449 e. The van der Waals surface area contributed by atoms with Gasteiger partial charge in [0.2, 0.25) is 10.0 Å². The first-order chi connectivity index (χ1) is 14.3. The number of para-hydroxylation sites is 1. The molecule has 0 saturated carbocycles. The van der Waals surface area contributed by atoms with Gasteiger partial charge in [0.15, 0.2) is 11.3 Å². The van der Waals surface area contributed by atoms with E-state index in [0.717, 1.165) is 30.2 Å². The summed E-state index contributed by atoms with van der Waals surface area (Å²) in [5.41, 5.74) is 2.33.